The molecule has 0 aromatic rings. The molecule has 1 unspecified atom stereocenters. The van der Waals surface area contributed by atoms with Crippen LogP contribution in [-0.4, -0.2) is 48.1 Å². The largest absolute Gasteiger partial charge is 0.481 e. The molecule has 0 spiro atoms. The maximum atomic E-state index is 12.0. The Bertz CT molecular complexity index is 268. The van der Waals surface area contributed by atoms with Crippen LogP contribution in [0.4, 0.5) is 0 Å². The van der Waals surface area contributed by atoms with Crippen LogP contribution < -0.4 is 5.32 Å². The van der Waals surface area contributed by atoms with Gasteiger partial charge in [0.15, 0.2) is 0 Å². The Kier molecular flexibility index (Phi) is 5.97. The molecule has 98 valence electrons. The number of likely N-dealkylation sites (tertiary alicyclic amines) is 1. The fraction of sp³-hybridized carbons (Fsp3) is 0.833. The van der Waals surface area contributed by atoms with Crippen molar-refractivity contribution in [2.45, 2.75) is 44.6 Å². The summed E-state index contributed by atoms with van der Waals surface area (Å²) < 4.78 is 0. The first-order valence-corrected chi connectivity index (χ1v) is 6.31. The summed E-state index contributed by atoms with van der Waals surface area (Å²) in [5.74, 6) is -0.632. The lowest BCUT2D eigenvalue weighted by Gasteiger charge is -2.35. The van der Waals surface area contributed by atoms with Crippen molar-refractivity contribution < 1.29 is 14.7 Å². The Labute approximate surface area is 102 Å². The van der Waals surface area contributed by atoms with Crippen LogP contribution in [0, 0.1) is 0 Å². The van der Waals surface area contributed by atoms with E-state index in [0.717, 1.165) is 25.8 Å². The molecule has 1 rings (SSSR count). The molecule has 5 heteroatoms. The maximum Gasteiger partial charge on any atom is 0.303 e. The van der Waals surface area contributed by atoms with Gasteiger partial charge in [0.05, 0.1) is 0 Å². The highest BCUT2D eigenvalue weighted by atomic mass is 16.4. The van der Waals surface area contributed by atoms with E-state index >= 15 is 0 Å². The number of carbonyl (C=O) groups excluding carboxylic acids is 1. The molecule has 1 saturated heterocycles. The van der Waals surface area contributed by atoms with Gasteiger partial charge in [0.1, 0.15) is 0 Å². The van der Waals surface area contributed by atoms with Crippen molar-refractivity contribution in [1.29, 1.82) is 0 Å². The first-order valence-electron chi connectivity index (χ1n) is 6.31. The Hall–Kier alpha value is -1.10. The Morgan fingerprint density at radius 1 is 1.35 bits per heavy atom. The van der Waals surface area contributed by atoms with Crippen LogP contribution in [0.3, 0.4) is 0 Å². The number of carbonyl (C=O) groups is 2. The fourth-order valence-corrected chi connectivity index (χ4v) is 2.29. The average molecular weight is 242 g/mol. The van der Waals surface area contributed by atoms with Gasteiger partial charge in [-0.3, -0.25) is 9.59 Å². The fourth-order valence-electron chi connectivity index (χ4n) is 2.29. The van der Waals surface area contributed by atoms with Crippen LogP contribution >= 0.6 is 0 Å². The number of hydrogen-bond acceptors (Lipinski definition) is 3. The molecule has 0 bridgehead atoms. The molecule has 1 heterocycles. The molecular formula is C12H22N2O3. The summed E-state index contributed by atoms with van der Waals surface area (Å²) >= 11 is 0. The molecule has 0 aromatic carbocycles. The predicted octanol–water partition coefficient (Wildman–Crippen LogP) is 0.842. The number of nitrogens with one attached hydrogen (secondary N) is 1. The molecule has 1 aliphatic heterocycles. The second kappa shape index (κ2) is 7.27. The van der Waals surface area contributed by atoms with E-state index in [1.807, 2.05) is 11.9 Å². The van der Waals surface area contributed by atoms with Crippen molar-refractivity contribution in [3.05, 3.63) is 0 Å². The third-order valence-electron chi connectivity index (χ3n) is 3.23. The zero-order chi connectivity index (χ0) is 12.7. The van der Waals surface area contributed by atoms with Crippen LogP contribution in [0.15, 0.2) is 0 Å². The SMILES string of the molecule is CNCCC(=O)N1CCCCC1CCC(=O)O. The minimum Gasteiger partial charge on any atom is -0.481 e. The van der Waals surface area contributed by atoms with Gasteiger partial charge >= 0.3 is 5.97 Å². The van der Waals surface area contributed by atoms with E-state index in [0.29, 0.717) is 19.4 Å². The van der Waals surface area contributed by atoms with Crippen molar-refractivity contribution >= 4 is 11.9 Å². The molecular weight excluding hydrogens is 220 g/mol. The van der Waals surface area contributed by atoms with Gasteiger partial charge in [0, 0.05) is 32.0 Å². The van der Waals surface area contributed by atoms with Gasteiger partial charge in [-0.25, -0.2) is 0 Å². The monoisotopic (exact) mass is 242 g/mol. The summed E-state index contributed by atoms with van der Waals surface area (Å²) in [6.07, 6.45) is 4.31. The molecule has 0 saturated carbocycles. The quantitative estimate of drug-likeness (QED) is 0.724. The maximum absolute atomic E-state index is 12.0. The lowest BCUT2D eigenvalue weighted by Crippen LogP contribution is -2.44. The van der Waals surface area contributed by atoms with E-state index in [4.69, 9.17) is 5.11 Å². The molecule has 1 fully saturated rings. The molecule has 0 radical (unpaired) electrons. The standard InChI is InChI=1S/C12H22N2O3/c1-13-8-7-11(15)14-9-3-2-4-10(14)5-6-12(16)17/h10,13H,2-9H2,1H3,(H,16,17). The summed E-state index contributed by atoms with van der Waals surface area (Å²) in [5, 5.41) is 11.7. The zero-order valence-corrected chi connectivity index (χ0v) is 10.4. The first kappa shape index (κ1) is 14.0. The number of carboxylic acid groups (broad SMARTS) is 1. The summed E-state index contributed by atoms with van der Waals surface area (Å²) in [6.45, 7) is 1.47. The van der Waals surface area contributed by atoms with E-state index in [1.165, 1.54) is 0 Å². The Morgan fingerprint density at radius 2 is 2.12 bits per heavy atom. The van der Waals surface area contributed by atoms with E-state index in [1.54, 1.807) is 0 Å². The molecule has 0 aliphatic carbocycles. The van der Waals surface area contributed by atoms with Crippen molar-refractivity contribution in [2.24, 2.45) is 0 Å². The molecule has 17 heavy (non-hydrogen) atoms. The third kappa shape index (κ3) is 4.73. The van der Waals surface area contributed by atoms with Crippen LogP contribution in [0.1, 0.15) is 38.5 Å². The van der Waals surface area contributed by atoms with Gasteiger partial charge in [0.2, 0.25) is 5.91 Å². The number of carboxylic acids is 1. The average Bonchev–Trinajstić information content (AvgIpc) is 2.33. The lowest BCUT2D eigenvalue weighted by molar-refractivity contribution is -0.140. The van der Waals surface area contributed by atoms with E-state index in [-0.39, 0.29) is 18.4 Å². The van der Waals surface area contributed by atoms with Crippen molar-refractivity contribution in [3.63, 3.8) is 0 Å². The number of nitrogens with zero attached hydrogens (tertiary/aromatic N) is 1. The number of piperidine rings is 1. The number of rotatable bonds is 6. The van der Waals surface area contributed by atoms with Gasteiger partial charge in [-0.05, 0) is 32.7 Å². The summed E-state index contributed by atoms with van der Waals surface area (Å²) in [7, 11) is 1.82. The highest BCUT2D eigenvalue weighted by Crippen LogP contribution is 2.21. The van der Waals surface area contributed by atoms with E-state index in [2.05, 4.69) is 5.32 Å². The minimum absolute atomic E-state index is 0.129. The van der Waals surface area contributed by atoms with Crippen molar-refractivity contribution in [2.75, 3.05) is 20.1 Å². The Morgan fingerprint density at radius 3 is 2.76 bits per heavy atom. The highest BCUT2D eigenvalue weighted by Gasteiger charge is 2.26. The molecule has 0 aromatic heterocycles. The van der Waals surface area contributed by atoms with Gasteiger partial charge in [0.25, 0.3) is 0 Å². The van der Waals surface area contributed by atoms with Crippen LogP contribution in [-0.2, 0) is 9.59 Å². The number of amides is 1. The molecule has 1 aliphatic rings. The predicted molar refractivity (Wildman–Crippen MR) is 64.8 cm³/mol. The van der Waals surface area contributed by atoms with E-state index in [9.17, 15) is 9.59 Å². The number of aliphatic carboxylic acids is 1. The van der Waals surface area contributed by atoms with Gasteiger partial charge in [-0.2, -0.15) is 0 Å². The molecule has 1 atom stereocenters. The summed E-state index contributed by atoms with van der Waals surface area (Å²) in [5.41, 5.74) is 0. The van der Waals surface area contributed by atoms with Crippen molar-refractivity contribution in [1.82, 2.24) is 10.2 Å². The second-order valence-electron chi connectivity index (χ2n) is 4.52. The van der Waals surface area contributed by atoms with Crippen LogP contribution in [0.5, 0.6) is 0 Å². The first-order chi connectivity index (χ1) is 8.15. The number of hydrogen-bond donors (Lipinski definition) is 2. The van der Waals surface area contributed by atoms with Crippen molar-refractivity contribution in [3.8, 4) is 0 Å². The Balaban J connectivity index is 2.46. The normalized spacial score (nSPS) is 20.3. The minimum atomic E-state index is -0.779. The van der Waals surface area contributed by atoms with Crippen LogP contribution in [0.2, 0.25) is 0 Å². The zero-order valence-electron chi connectivity index (χ0n) is 10.4. The lowest BCUT2D eigenvalue weighted by atomic mass is 9.97. The van der Waals surface area contributed by atoms with Crippen LogP contribution in [0.25, 0.3) is 0 Å². The third-order valence-corrected chi connectivity index (χ3v) is 3.23. The van der Waals surface area contributed by atoms with E-state index < -0.39 is 5.97 Å². The van der Waals surface area contributed by atoms with Gasteiger partial charge in [-0.15, -0.1) is 0 Å². The topological polar surface area (TPSA) is 69.6 Å². The summed E-state index contributed by atoms with van der Waals surface area (Å²) in [6, 6.07) is 0.129. The molecule has 2 N–H and O–H groups in total. The van der Waals surface area contributed by atoms with Gasteiger partial charge in [-0.1, -0.05) is 0 Å². The van der Waals surface area contributed by atoms with Gasteiger partial charge < -0.3 is 15.3 Å². The molecule has 1 amide bonds. The highest BCUT2D eigenvalue weighted by molar-refractivity contribution is 5.77. The second-order valence-corrected chi connectivity index (χ2v) is 4.52. The molecule has 5 nitrogen and oxygen atoms in total. The smallest absolute Gasteiger partial charge is 0.303 e. The summed E-state index contributed by atoms with van der Waals surface area (Å²) in [4.78, 5) is 24.4.